The predicted octanol–water partition coefficient (Wildman–Crippen LogP) is -2.58. The number of aliphatic hydroxyl groups is 8. The molecular weight excluding hydrogens is 644 g/mol. The van der Waals surface area contributed by atoms with Crippen molar-refractivity contribution in [3.63, 3.8) is 0 Å². The Hall–Kier alpha value is -4.26. The highest BCUT2D eigenvalue weighted by atomic mass is 16.4. The maximum Gasteiger partial charge on any atom is 0.317 e. The molecule has 16 nitrogen and oxygen atoms in total. The van der Waals surface area contributed by atoms with Crippen LogP contribution in [0.2, 0.25) is 0 Å². The van der Waals surface area contributed by atoms with Crippen molar-refractivity contribution < 1.29 is 40.9 Å². The smallest absolute Gasteiger partial charge is 0.317 e. The van der Waals surface area contributed by atoms with Gasteiger partial charge in [-0.15, -0.1) is 6.58 Å². The van der Waals surface area contributed by atoms with Gasteiger partial charge < -0.3 is 45.8 Å². The number of aromatic nitrogens is 4. The molecule has 0 radical (unpaired) electrons. The van der Waals surface area contributed by atoms with E-state index in [0.717, 1.165) is 31.4 Å². The number of nitrogens with one attached hydrogen (secondary N) is 1. The van der Waals surface area contributed by atoms with E-state index in [0.29, 0.717) is 22.1 Å². The fraction of sp³-hybridized carbons (Fsp3) is 0.455. The first-order valence-corrected chi connectivity index (χ1v) is 15.4. The van der Waals surface area contributed by atoms with Crippen LogP contribution in [0.1, 0.15) is 22.3 Å². The first kappa shape index (κ1) is 39.2. The Morgan fingerprint density at radius 2 is 1.00 bits per heavy atom. The third-order valence-corrected chi connectivity index (χ3v) is 8.44. The summed E-state index contributed by atoms with van der Waals surface area (Å²) in [5, 5.41) is 76.3. The van der Waals surface area contributed by atoms with E-state index in [1.54, 1.807) is 24.3 Å². The van der Waals surface area contributed by atoms with Crippen LogP contribution in [-0.4, -0.2) is 109 Å². The van der Waals surface area contributed by atoms with Crippen LogP contribution in [0.3, 0.4) is 0 Å². The van der Waals surface area contributed by atoms with Crippen LogP contribution in [0.4, 0.5) is 0 Å². The predicted molar refractivity (Wildman–Crippen MR) is 181 cm³/mol. The molecule has 0 spiro atoms. The molecule has 2 aromatic carbocycles. The number of aliphatic hydroxyl groups excluding tert-OH is 8. The van der Waals surface area contributed by atoms with Crippen molar-refractivity contribution >= 4 is 22.1 Å². The minimum absolute atomic E-state index is 0.155. The molecule has 9 N–H and O–H groups in total. The lowest BCUT2D eigenvalue weighted by atomic mass is 10.1. The SMILES string of the molecule is C=CCn1c(=O)c(=O)n(C[C@H](O)[C@H](O)[C@H](O)CO)c2cc(C)c(C)cc21.Cc1cc2[nH]c(=O)c(=O)n(C[C@H](O)[C@H](O)[C@H](O)CO)c2cc1C. The van der Waals surface area contributed by atoms with E-state index in [-0.39, 0.29) is 13.1 Å². The Bertz CT molecular complexity index is 2050. The van der Waals surface area contributed by atoms with Crippen LogP contribution in [0, 0.1) is 27.7 Å². The standard InChI is InChI=1S/C18H24N2O6.C15H20N2O6/c1-4-5-19-12-6-10(2)11(3)7-13(12)20(18(26)17(19)25)8-14(22)16(24)15(23)9-21;1-7-3-9-10(4-8(7)2)17(15(23)14(22)16-9)5-11(19)13(21)12(20)6-18/h4,6-7,14-16,21-24H,1,5,8-9H2,2-3H3;3-4,11-13,18-21H,5-6H2,1-2H3,(H,16,22)/t14-,15+,16-;11-,12+,13-/m00/s1. The summed E-state index contributed by atoms with van der Waals surface area (Å²) >= 11 is 0. The highest BCUT2D eigenvalue weighted by Gasteiger charge is 2.27. The van der Waals surface area contributed by atoms with Crippen LogP contribution < -0.4 is 22.2 Å². The van der Waals surface area contributed by atoms with Crippen molar-refractivity contribution in [2.75, 3.05) is 13.2 Å². The number of aryl methyl sites for hydroxylation is 4. The minimum Gasteiger partial charge on any atom is -0.394 e. The van der Waals surface area contributed by atoms with Crippen molar-refractivity contribution in [2.45, 2.75) is 84.0 Å². The Morgan fingerprint density at radius 1 is 0.612 bits per heavy atom. The summed E-state index contributed by atoms with van der Waals surface area (Å²) in [6, 6.07) is 6.92. The van der Waals surface area contributed by atoms with Crippen LogP contribution >= 0.6 is 0 Å². The Balaban J connectivity index is 0.000000267. The summed E-state index contributed by atoms with van der Waals surface area (Å²) in [7, 11) is 0. The summed E-state index contributed by atoms with van der Waals surface area (Å²) in [6.07, 6.45) is -7.97. The zero-order chi connectivity index (χ0) is 36.9. The van der Waals surface area contributed by atoms with Gasteiger partial charge in [0.1, 0.15) is 36.6 Å². The molecule has 4 aromatic rings. The molecule has 0 aliphatic rings. The number of fused-ring (bicyclic) bond motifs is 2. The average Bonchev–Trinajstić information content (AvgIpc) is 3.07. The number of aromatic amines is 1. The first-order chi connectivity index (χ1) is 23.0. The summed E-state index contributed by atoms with van der Waals surface area (Å²) in [5.74, 6) is 0. The van der Waals surface area contributed by atoms with Gasteiger partial charge in [0, 0.05) is 6.54 Å². The summed E-state index contributed by atoms with van der Waals surface area (Å²) < 4.78 is 3.44. The molecule has 0 unspecified atom stereocenters. The number of benzene rings is 2. The zero-order valence-electron chi connectivity index (χ0n) is 27.6. The maximum absolute atomic E-state index is 12.6. The fourth-order valence-electron chi connectivity index (χ4n) is 5.19. The lowest BCUT2D eigenvalue weighted by molar-refractivity contribution is -0.0805. The van der Waals surface area contributed by atoms with Gasteiger partial charge in [0.25, 0.3) is 0 Å². The van der Waals surface area contributed by atoms with E-state index in [1.165, 1.54) is 10.6 Å². The molecule has 0 fully saturated rings. The second-order valence-corrected chi connectivity index (χ2v) is 12.0. The summed E-state index contributed by atoms with van der Waals surface area (Å²) in [4.78, 5) is 51.4. The van der Waals surface area contributed by atoms with Crippen LogP contribution in [0.15, 0.2) is 56.1 Å². The maximum atomic E-state index is 12.6. The minimum atomic E-state index is -1.66. The molecule has 2 aromatic heterocycles. The van der Waals surface area contributed by atoms with E-state index < -0.39 is 78.6 Å². The number of rotatable bonds is 12. The average molecular weight is 689 g/mol. The highest BCUT2D eigenvalue weighted by Crippen LogP contribution is 2.19. The monoisotopic (exact) mass is 688 g/mol. The van der Waals surface area contributed by atoms with Gasteiger partial charge in [-0.25, -0.2) is 0 Å². The Labute approximate surface area is 279 Å². The second-order valence-electron chi connectivity index (χ2n) is 12.0. The number of allylic oxidation sites excluding steroid dienone is 1. The fourth-order valence-corrected chi connectivity index (χ4v) is 5.19. The van der Waals surface area contributed by atoms with Gasteiger partial charge in [0.2, 0.25) is 0 Å². The lowest BCUT2D eigenvalue weighted by Gasteiger charge is -2.23. The van der Waals surface area contributed by atoms with Crippen molar-refractivity contribution in [3.05, 3.63) is 101 Å². The number of hydrogen-bond acceptors (Lipinski definition) is 12. The molecule has 0 amide bonds. The molecule has 268 valence electrons. The third-order valence-electron chi connectivity index (χ3n) is 8.44. The van der Waals surface area contributed by atoms with Crippen molar-refractivity contribution in [3.8, 4) is 0 Å². The van der Waals surface area contributed by atoms with E-state index >= 15 is 0 Å². The van der Waals surface area contributed by atoms with Gasteiger partial charge in [-0.1, -0.05) is 6.08 Å². The summed E-state index contributed by atoms with van der Waals surface area (Å²) in [6.45, 7) is 8.92. The second kappa shape index (κ2) is 16.4. The number of H-pyrrole nitrogens is 1. The molecule has 0 saturated heterocycles. The molecular formula is C33H44N4O12. The molecule has 0 saturated carbocycles. The molecule has 6 atom stereocenters. The highest BCUT2D eigenvalue weighted by molar-refractivity contribution is 5.78. The van der Waals surface area contributed by atoms with E-state index in [4.69, 9.17) is 10.2 Å². The van der Waals surface area contributed by atoms with Gasteiger partial charge in [-0.3, -0.25) is 32.9 Å². The number of hydrogen-bond donors (Lipinski definition) is 9. The van der Waals surface area contributed by atoms with Crippen molar-refractivity contribution in [1.29, 1.82) is 0 Å². The van der Waals surface area contributed by atoms with Gasteiger partial charge in [-0.05, 0) is 74.2 Å². The van der Waals surface area contributed by atoms with Crippen LogP contribution in [-0.2, 0) is 19.6 Å². The molecule has 2 heterocycles. The van der Waals surface area contributed by atoms with Crippen LogP contribution in [0.5, 0.6) is 0 Å². The quantitative estimate of drug-likeness (QED) is 0.0549. The van der Waals surface area contributed by atoms with Crippen LogP contribution in [0.25, 0.3) is 22.1 Å². The number of nitrogens with zero attached hydrogens (tertiary/aromatic N) is 3. The van der Waals surface area contributed by atoms with Crippen molar-refractivity contribution in [1.82, 2.24) is 18.7 Å². The van der Waals surface area contributed by atoms with E-state index in [1.807, 2.05) is 27.7 Å². The molecule has 49 heavy (non-hydrogen) atoms. The largest absolute Gasteiger partial charge is 0.394 e. The molecule has 0 bridgehead atoms. The topological polar surface area (TPSA) is 261 Å². The Kier molecular flexibility index (Phi) is 13.1. The van der Waals surface area contributed by atoms with Gasteiger partial charge in [-0.2, -0.15) is 0 Å². The van der Waals surface area contributed by atoms with E-state index in [2.05, 4.69) is 11.6 Å². The normalized spacial score (nSPS) is 15.3. The van der Waals surface area contributed by atoms with Crippen molar-refractivity contribution in [2.24, 2.45) is 0 Å². The first-order valence-electron chi connectivity index (χ1n) is 15.4. The Morgan fingerprint density at radius 3 is 1.45 bits per heavy atom. The third kappa shape index (κ3) is 8.49. The van der Waals surface area contributed by atoms with E-state index in [9.17, 15) is 49.8 Å². The molecule has 16 heteroatoms. The zero-order valence-corrected chi connectivity index (χ0v) is 27.6. The van der Waals surface area contributed by atoms with Gasteiger partial charge >= 0.3 is 22.2 Å². The lowest BCUT2D eigenvalue weighted by Crippen LogP contribution is -2.47. The van der Waals surface area contributed by atoms with Gasteiger partial charge in [0.15, 0.2) is 0 Å². The summed E-state index contributed by atoms with van der Waals surface area (Å²) in [5.41, 5.74) is 2.05. The molecule has 0 aliphatic carbocycles. The van der Waals surface area contributed by atoms with Gasteiger partial charge in [0.05, 0.1) is 48.4 Å². The molecule has 0 aliphatic heterocycles. The molecule has 4 rings (SSSR count).